The minimum Gasteiger partial charge on any atom is -0.309 e. The van der Waals surface area contributed by atoms with E-state index in [1.54, 1.807) is 0 Å². The summed E-state index contributed by atoms with van der Waals surface area (Å²) in [6, 6.07) is 73.6. The third-order valence-corrected chi connectivity index (χ3v) is 12.3. The van der Waals surface area contributed by atoms with E-state index in [4.69, 9.17) is 15.1 Å². The molecule has 0 N–H and O–H groups in total. The van der Waals surface area contributed by atoms with E-state index in [1.807, 2.05) is 34.8 Å². The number of fused-ring (bicyclic) bond motifs is 11. The molecule has 0 radical (unpaired) electrons. The van der Waals surface area contributed by atoms with Crippen molar-refractivity contribution in [3.05, 3.63) is 206 Å². The standard InChI is InChI=1S/C55H34N6/c1-3-14-36(15-4-1)53-44-20-10-12-22-50(44)61-55(56-53)57-54(58-61)37-23-28-41(29-24-37)59-47-21-11-9-19-43(47)45-33-38(26-30-48(45)59)39-27-31-49-46(34-39)52-42-18-8-7-13-35(42)25-32-51(52)60(49)40-16-5-2-6-17-40/h1-34H. The minimum absolute atomic E-state index is 0.573. The highest BCUT2D eigenvalue weighted by Gasteiger charge is 2.19. The van der Waals surface area contributed by atoms with E-state index in [2.05, 4.69) is 185 Å². The fourth-order valence-corrected chi connectivity index (χ4v) is 9.51. The van der Waals surface area contributed by atoms with E-state index in [0.29, 0.717) is 11.6 Å². The van der Waals surface area contributed by atoms with Crippen LogP contribution in [0.3, 0.4) is 0 Å². The average Bonchev–Trinajstić information content (AvgIpc) is 4.02. The fraction of sp³-hybridized carbons (Fsp3) is 0. The highest BCUT2D eigenvalue weighted by molar-refractivity contribution is 6.22. The molecule has 0 aliphatic rings. The summed E-state index contributed by atoms with van der Waals surface area (Å²) in [6.45, 7) is 0. The molecule has 13 aromatic rings. The van der Waals surface area contributed by atoms with Gasteiger partial charge >= 0.3 is 0 Å². The second kappa shape index (κ2) is 13.1. The first kappa shape index (κ1) is 33.6. The molecule has 6 heteroatoms. The quantitative estimate of drug-likeness (QED) is 0.175. The van der Waals surface area contributed by atoms with E-state index >= 15 is 0 Å². The van der Waals surface area contributed by atoms with Crippen LogP contribution in [0, 0.1) is 0 Å². The lowest BCUT2D eigenvalue weighted by Gasteiger charge is -2.10. The van der Waals surface area contributed by atoms with Gasteiger partial charge in [-0.2, -0.15) is 9.50 Å². The molecule has 4 aromatic heterocycles. The van der Waals surface area contributed by atoms with Gasteiger partial charge in [-0.05, 0) is 101 Å². The average molecular weight is 779 g/mol. The Kier molecular flexibility index (Phi) is 7.21. The van der Waals surface area contributed by atoms with Gasteiger partial charge in [0.1, 0.15) is 0 Å². The van der Waals surface area contributed by atoms with Gasteiger partial charge in [-0.1, -0.05) is 127 Å². The van der Waals surface area contributed by atoms with Crippen LogP contribution < -0.4 is 0 Å². The monoisotopic (exact) mass is 778 g/mol. The van der Waals surface area contributed by atoms with E-state index < -0.39 is 0 Å². The number of hydrogen-bond acceptors (Lipinski definition) is 3. The van der Waals surface area contributed by atoms with Crippen LogP contribution >= 0.6 is 0 Å². The predicted molar refractivity (Wildman–Crippen MR) is 251 cm³/mol. The summed E-state index contributed by atoms with van der Waals surface area (Å²) in [6.07, 6.45) is 0. The van der Waals surface area contributed by atoms with Crippen molar-refractivity contribution in [1.29, 1.82) is 0 Å². The largest absolute Gasteiger partial charge is 0.309 e. The number of benzene rings is 9. The topological polar surface area (TPSA) is 52.9 Å². The Balaban J connectivity index is 0.922. The third-order valence-electron chi connectivity index (χ3n) is 12.3. The van der Waals surface area contributed by atoms with Crippen LogP contribution in [-0.4, -0.2) is 28.7 Å². The Morgan fingerprint density at radius 3 is 1.67 bits per heavy atom. The van der Waals surface area contributed by atoms with Crippen LogP contribution in [0.1, 0.15) is 0 Å². The molecular weight excluding hydrogens is 745 g/mol. The Hall–Kier alpha value is -8.35. The van der Waals surface area contributed by atoms with Gasteiger partial charge in [-0.25, -0.2) is 4.98 Å². The third kappa shape index (κ3) is 5.12. The normalized spacial score (nSPS) is 11.9. The van der Waals surface area contributed by atoms with Crippen LogP contribution in [-0.2, 0) is 0 Å². The first-order valence-corrected chi connectivity index (χ1v) is 20.6. The van der Waals surface area contributed by atoms with E-state index in [-0.39, 0.29) is 0 Å². The molecule has 0 bridgehead atoms. The van der Waals surface area contributed by atoms with Gasteiger partial charge in [0, 0.05) is 49.4 Å². The molecule has 0 aliphatic carbocycles. The summed E-state index contributed by atoms with van der Waals surface area (Å²) in [5.74, 6) is 1.21. The van der Waals surface area contributed by atoms with Crippen LogP contribution in [0.15, 0.2) is 206 Å². The first-order valence-electron chi connectivity index (χ1n) is 20.6. The molecule has 0 atom stereocenters. The van der Waals surface area contributed by atoms with E-state index in [1.165, 1.54) is 54.5 Å². The van der Waals surface area contributed by atoms with Crippen molar-refractivity contribution in [3.63, 3.8) is 0 Å². The first-order chi connectivity index (χ1) is 30.2. The summed E-state index contributed by atoms with van der Waals surface area (Å²) in [7, 11) is 0. The second-order valence-corrected chi connectivity index (χ2v) is 15.7. The maximum atomic E-state index is 5.01. The molecule has 9 aromatic carbocycles. The zero-order chi connectivity index (χ0) is 40.0. The van der Waals surface area contributed by atoms with Gasteiger partial charge < -0.3 is 9.13 Å². The zero-order valence-electron chi connectivity index (χ0n) is 32.8. The molecule has 13 rings (SSSR count). The van der Waals surface area contributed by atoms with Gasteiger partial charge in [0.05, 0.1) is 33.3 Å². The number of para-hydroxylation sites is 3. The molecule has 0 aliphatic heterocycles. The summed E-state index contributed by atoms with van der Waals surface area (Å²) in [5.41, 5.74) is 13.2. The van der Waals surface area contributed by atoms with Gasteiger partial charge in [0.25, 0.3) is 5.78 Å². The minimum atomic E-state index is 0.573. The summed E-state index contributed by atoms with van der Waals surface area (Å²) < 4.78 is 6.62. The summed E-state index contributed by atoms with van der Waals surface area (Å²) in [4.78, 5) is 9.96. The maximum Gasteiger partial charge on any atom is 0.253 e. The molecule has 6 nitrogen and oxygen atoms in total. The second-order valence-electron chi connectivity index (χ2n) is 15.7. The van der Waals surface area contributed by atoms with Gasteiger partial charge in [-0.3, -0.25) is 0 Å². The van der Waals surface area contributed by atoms with Gasteiger partial charge in [0.2, 0.25) is 0 Å². The van der Waals surface area contributed by atoms with E-state index in [9.17, 15) is 0 Å². The molecule has 4 heterocycles. The van der Waals surface area contributed by atoms with Crippen molar-refractivity contribution >= 4 is 71.1 Å². The Bertz CT molecular complexity index is 3860. The lowest BCUT2D eigenvalue weighted by Crippen LogP contribution is -1.97. The number of hydrogen-bond donors (Lipinski definition) is 0. The van der Waals surface area contributed by atoms with Crippen molar-refractivity contribution in [2.75, 3.05) is 0 Å². The Morgan fingerprint density at radius 2 is 0.885 bits per heavy atom. The van der Waals surface area contributed by atoms with Crippen LogP contribution in [0.5, 0.6) is 0 Å². The lowest BCUT2D eigenvalue weighted by atomic mass is 9.99. The van der Waals surface area contributed by atoms with Crippen LogP contribution in [0.2, 0.25) is 0 Å². The van der Waals surface area contributed by atoms with Crippen LogP contribution in [0.25, 0.3) is 116 Å². The Morgan fingerprint density at radius 1 is 0.328 bits per heavy atom. The van der Waals surface area contributed by atoms with Crippen molar-refractivity contribution < 1.29 is 0 Å². The molecule has 61 heavy (non-hydrogen) atoms. The molecule has 0 saturated heterocycles. The van der Waals surface area contributed by atoms with Crippen LogP contribution in [0.4, 0.5) is 0 Å². The molecule has 0 amide bonds. The van der Waals surface area contributed by atoms with Crippen molar-refractivity contribution in [2.45, 2.75) is 0 Å². The molecule has 284 valence electrons. The van der Waals surface area contributed by atoms with Gasteiger partial charge in [-0.15, -0.1) is 5.10 Å². The summed E-state index contributed by atoms with van der Waals surface area (Å²) in [5, 5.41) is 13.5. The zero-order valence-corrected chi connectivity index (χ0v) is 32.8. The smallest absolute Gasteiger partial charge is 0.253 e. The van der Waals surface area contributed by atoms with Crippen molar-refractivity contribution in [3.8, 4) is 45.1 Å². The number of nitrogens with zero attached hydrogens (tertiary/aromatic N) is 6. The molecule has 0 saturated carbocycles. The highest BCUT2D eigenvalue weighted by atomic mass is 15.3. The predicted octanol–water partition coefficient (Wildman–Crippen LogP) is 13.6. The van der Waals surface area contributed by atoms with E-state index in [0.717, 1.165) is 50.1 Å². The van der Waals surface area contributed by atoms with Crippen molar-refractivity contribution in [2.24, 2.45) is 0 Å². The molecule has 0 unspecified atom stereocenters. The SMILES string of the molecule is c1ccc(-c2nc3nc(-c4ccc(-n5c6ccccc6c6cc(-c7ccc8c(c7)c7c9ccccc9ccc7n8-c7ccccc7)ccc65)cc4)nn3c3ccccc23)cc1. The molecule has 0 spiro atoms. The number of aromatic nitrogens is 6. The van der Waals surface area contributed by atoms with Gasteiger partial charge in [0.15, 0.2) is 5.82 Å². The maximum absolute atomic E-state index is 5.01. The summed E-state index contributed by atoms with van der Waals surface area (Å²) >= 11 is 0. The lowest BCUT2D eigenvalue weighted by molar-refractivity contribution is 0.988. The fourth-order valence-electron chi connectivity index (χ4n) is 9.51. The number of rotatable bonds is 5. The van der Waals surface area contributed by atoms with Crippen molar-refractivity contribution in [1.82, 2.24) is 28.7 Å². The molecular formula is C55H34N6. The molecule has 0 fully saturated rings. The highest BCUT2D eigenvalue weighted by Crippen LogP contribution is 2.41. The Labute approximate surface area is 349 Å².